The van der Waals surface area contributed by atoms with Gasteiger partial charge in [0.2, 0.25) is 5.91 Å². The molecule has 1 fully saturated rings. The van der Waals surface area contributed by atoms with Crippen LogP contribution >= 0.6 is 11.8 Å². The summed E-state index contributed by atoms with van der Waals surface area (Å²) in [7, 11) is 0. The summed E-state index contributed by atoms with van der Waals surface area (Å²) in [5.74, 6) is 1.37. The van der Waals surface area contributed by atoms with E-state index in [4.69, 9.17) is 10.5 Å². The van der Waals surface area contributed by atoms with Crippen LogP contribution < -0.4 is 11.1 Å². The molecule has 1 saturated heterocycles. The van der Waals surface area contributed by atoms with Gasteiger partial charge in [-0.15, -0.1) is 0 Å². The number of carbonyl (C=O) groups excluding carboxylic acids is 1. The Morgan fingerprint density at radius 1 is 1.69 bits per heavy atom. The van der Waals surface area contributed by atoms with Crippen LogP contribution in [0.5, 0.6) is 0 Å². The van der Waals surface area contributed by atoms with Crippen molar-refractivity contribution in [2.24, 2.45) is 5.73 Å². The normalized spacial score (nSPS) is 24.2. The molecule has 0 aromatic rings. The Balaban J connectivity index is 2.29. The maximum atomic E-state index is 11.4. The van der Waals surface area contributed by atoms with E-state index < -0.39 is 5.54 Å². The van der Waals surface area contributed by atoms with Crippen molar-refractivity contribution in [3.05, 3.63) is 0 Å². The number of hydrogen-bond donors (Lipinski definition) is 2. The van der Waals surface area contributed by atoms with E-state index in [0.29, 0.717) is 11.9 Å². The number of nitrogens with one attached hydrogen (secondary N) is 1. The van der Waals surface area contributed by atoms with Gasteiger partial charge in [-0.3, -0.25) is 4.79 Å². The molecule has 1 heterocycles. The number of rotatable bonds is 7. The molecule has 0 saturated carbocycles. The zero-order chi connectivity index (χ0) is 12.0. The molecule has 3 N–H and O–H groups in total. The topological polar surface area (TPSA) is 64.3 Å². The minimum Gasteiger partial charge on any atom is -0.377 e. The SMILES string of the molecule is CCNC(C)(CSCC1CCCO1)C(N)=O. The molecule has 0 radical (unpaired) electrons. The van der Waals surface area contributed by atoms with Crippen LogP contribution in [0.4, 0.5) is 0 Å². The van der Waals surface area contributed by atoms with Gasteiger partial charge in [-0.2, -0.15) is 11.8 Å². The fourth-order valence-corrected chi connectivity index (χ4v) is 3.07. The van der Waals surface area contributed by atoms with Gasteiger partial charge in [0.25, 0.3) is 0 Å². The second-order valence-electron chi connectivity index (χ2n) is 4.38. The minimum absolute atomic E-state index is 0.283. The Labute approximate surface area is 102 Å². The molecule has 5 heteroatoms. The molecule has 1 rings (SSSR count). The summed E-state index contributed by atoms with van der Waals surface area (Å²) in [5.41, 5.74) is 4.81. The molecule has 0 aliphatic carbocycles. The van der Waals surface area contributed by atoms with Gasteiger partial charge in [0.1, 0.15) is 5.54 Å². The molecule has 1 amide bonds. The lowest BCUT2D eigenvalue weighted by molar-refractivity contribution is -0.122. The first-order valence-corrected chi connectivity index (χ1v) is 6.98. The molecule has 16 heavy (non-hydrogen) atoms. The van der Waals surface area contributed by atoms with Crippen LogP contribution in [0.25, 0.3) is 0 Å². The van der Waals surface area contributed by atoms with Gasteiger partial charge in [-0.25, -0.2) is 0 Å². The van der Waals surface area contributed by atoms with Crippen molar-refractivity contribution in [3.63, 3.8) is 0 Å². The van der Waals surface area contributed by atoms with Crippen molar-refractivity contribution >= 4 is 17.7 Å². The van der Waals surface area contributed by atoms with Crippen molar-refractivity contribution in [1.29, 1.82) is 0 Å². The lowest BCUT2D eigenvalue weighted by Crippen LogP contribution is -2.55. The first kappa shape index (κ1) is 13.8. The van der Waals surface area contributed by atoms with Gasteiger partial charge in [-0.1, -0.05) is 6.92 Å². The van der Waals surface area contributed by atoms with E-state index in [-0.39, 0.29) is 5.91 Å². The summed E-state index contributed by atoms with van der Waals surface area (Å²) >= 11 is 1.74. The molecule has 0 aromatic carbocycles. The average molecular weight is 246 g/mol. The highest BCUT2D eigenvalue weighted by Gasteiger charge is 2.30. The number of thioether (sulfide) groups is 1. The molecule has 2 atom stereocenters. The van der Waals surface area contributed by atoms with Gasteiger partial charge < -0.3 is 15.8 Å². The van der Waals surface area contributed by atoms with E-state index in [0.717, 1.165) is 31.7 Å². The minimum atomic E-state index is -0.599. The second-order valence-corrected chi connectivity index (χ2v) is 5.41. The second kappa shape index (κ2) is 6.47. The molecular weight excluding hydrogens is 224 g/mol. The van der Waals surface area contributed by atoms with E-state index >= 15 is 0 Å². The van der Waals surface area contributed by atoms with E-state index in [2.05, 4.69) is 5.32 Å². The van der Waals surface area contributed by atoms with Crippen LogP contribution in [-0.2, 0) is 9.53 Å². The van der Waals surface area contributed by atoms with E-state index in [9.17, 15) is 4.79 Å². The van der Waals surface area contributed by atoms with Gasteiger partial charge in [0.05, 0.1) is 6.10 Å². The number of nitrogens with two attached hydrogens (primary N) is 1. The molecule has 1 aliphatic heterocycles. The fraction of sp³-hybridized carbons (Fsp3) is 0.909. The summed E-state index contributed by atoms with van der Waals surface area (Å²) in [6.07, 6.45) is 2.66. The molecule has 0 bridgehead atoms. The summed E-state index contributed by atoms with van der Waals surface area (Å²) < 4.78 is 5.53. The summed E-state index contributed by atoms with van der Waals surface area (Å²) in [6, 6.07) is 0. The Morgan fingerprint density at radius 2 is 2.44 bits per heavy atom. The predicted octanol–water partition coefficient (Wildman–Crippen LogP) is 0.752. The Hall–Kier alpha value is -0.260. The van der Waals surface area contributed by atoms with Crippen LogP contribution in [0.3, 0.4) is 0 Å². The van der Waals surface area contributed by atoms with Crippen LogP contribution in [0.15, 0.2) is 0 Å². The van der Waals surface area contributed by atoms with Crippen molar-refractivity contribution in [3.8, 4) is 0 Å². The Morgan fingerprint density at radius 3 is 2.94 bits per heavy atom. The van der Waals surface area contributed by atoms with Gasteiger partial charge in [0.15, 0.2) is 0 Å². The third kappa shape index (κ3) is 3.96. The lowest BCUT2D eigenvalue weighted by atomic mass is 10.1. The van der Waals surface area contributed by atoms with Crippen molar-refractivity contribution < 1.29 is 9.53 Å². The number of hydrogen-bond acceptors (Lipinski definition) is 4. The molecule has 2 unspecified atom stereocenters. The highest BCUT2D eigenvalue weighted by Crippen LogP contribution is 2.20. The fourth-order valence-electron chi connectivity index (χ4n) is 1.77. The third-order valence-electron chi connectivity index (χ3n) is 2.83. The molecule has 4 nitrogen and oxygen atoms in total. The van der Waals surface area contributed by atoms with Gasteiger partial charge in [0, 0.05) is 18.1 Å². The number of primary amides is 1. The zero-order valence-corrected chi connectivity index (χ0v) is 10.9. The number of amides is 1. The highest BCUT2D eigenvalue weighted by atomic mass is 32.2. The van der Waals surface area contributed by atoms with Crippen molar-refractivity contribution in [2.45, 2.75) is 38.3 Å². The first-order chi connectivity index (χ1) is 7.58. The van der Waals surface area contributed by atoms with Gasteiger partial charge >= 0.3 is 0 Å². The predicted molar refractivity (Wildman–Crippen MR) is 67.6 cm³/mol. The molecule has 1 aliphatic rings. The molecule has 0 aromatic heterocycles. The number of carbonyl (C=O) groups is 1. The maximum Gasteiger partial charge on any atom is 0.238 e. The Kier molecular flexibility index (Phi) is 5.58. The average Bonchev–Trinajstić information content (AvgIpc) is 2.70. The van der Waals surface area contributed by atoms with E-state index in [1.807, 2.05) is 13.8 Å². The van der Waals surface area contributed by atoms with Crippen LogP contribution in [0.2, 0.25) is 0 Å². The van der Waals surface area contributed by atoms with Crippen LogP contribution in [0.1, 0.15) is 26.7 Å². The first-order valence-electron chi connectivity index (χ1n) is 5.83. The summed E-state index contributed by atoms with van der Waals surface area (Å²) in [5, 5.41) is 3.15. The highest BCUT2D eigenvalue weighted by molar-refractivity contribution is 7.99. The van der Waals surface area contributed by atoms with E-state index in [1.165, 1.54) is 0 Å². The Bertz CT molecular complexity index is 232. The quantitative estimate of drug-likeness (QED) is 0.696. The largest absolute Gasteiger partial charge is 0.377 e. The molecule has 0 spiro atoms. The van der Waals surface area contributed by atoms with Crippen molar-refractivity contribution in [1.82, 2.24) is 5.32 Å². The van der Waals surface area contributed by atoms with Crippen LogP contribution in [-0.4, -0.2) is 42.2 Å². The van der Waals surface area contributed by atoms with Gasteiger partial charge in [-0.05, 0) is 26.3 Å². The summed E-state index contributed by atoms with van der Waals surface area (Å²) in [6.45, 7) is 5.47. The van der Waals surface area contributed by atoms with E-state index in [1.54, 1.807) is 11.8 Å². The molecular formula is C11H22N2O2S. The summed E-state index contributed by atoms with van der Waals surface area (Å²) in [4.78, 5) is 11.4. The monoisotopic (exact) mass is 246 g/mol. The number of ether oxygens (including phenoxy) is 1. The number of likely N-dealkylation sites (N-methyl/N-ethyl adjacent to an activating group) is 1. The zero-order valence-electron chi connectivity index (χ0n) is 10.1. The third-order valence-corrected chi connectivity index (χ3v) is 4.22. The molecule has 94 valence electrons. The van der Waals surface area contributed by atoms with Crippen LogP contribution in [0, 0.1) is 0 Å². The standard InChI is InChI=1S/C11H22N2O2S/c1-3-13-11(2,10(12)14)8-16-7-9-5-4-6-15-9/h9,13H,3-8H2,1-2H3,(H2,12,14). The smallest absolute Gasteiger partial charge is 0.238 e. The lowest BCUT2D eigenvalue weighted by Gasteiger charge is -2.26. The van der Waals surface area contributed by atoms with Crippen molar-refractivity contribution in [2.75, 3.05) is 24.7 Å². The maximum absolute atomic E-state index is 11.4.